The van der Waals surface area contributed by atoms with Crippen LogP contribution in [-0.4, -0.2) is 38.7 Å². The highest BCUT2D eigenvalue weighted by molar-refractivity contribution is 6.09. The fourth-order valence-electron chi connectivity index (χ4n) is 2.86. The van der Waals surface area contributed by atoms with Crippen molar-refractivity contribution in [2.45, 2.75) is 0 Å². The van der Waals surface area contributed by atoms with Crippen LogP contribution in [0.2, 0.25) is 0 Å². The third-order valence-corrected chi connectivity index (χ3v) is 4.31. The number of anilines is 1. The topological polar surface area (TPSA) is 126 Å². The molecule has 3 heterocycles. The number of nitrogens with one attached hydrogen (secondary N) is 2. The molecule has 1 amide bonds. The molecule has 9 nitrogen and oxygen atoms in total. The van der Waals surface area contributed by atoms with Crippen molar-refractivity contribution in [3.63, 3.8) is 0 Å². The Kier molecular flexibility index (Phi) is 4.50. The molecule has 142 valence electrons. The van der Waals surface area contributed by atoms with Gasteiger partial charge in [-0.2, -0.15) is 5.26 Å². The van der Waals surface area contributed by atoms with Crippen molar-refractivity contribution in [2.75, 3.05) is 12.4 Å². The van der Waals surface area contributed by atoms with Crippen LogP contribution in [0.1, 0.15) is 26.4 Å². The molecular weight excluding hydrogens is 372 g/mol. The van der Waals surface area contributed by atoms with Gasteiger partial charge in [0.1, 0.15) is 6.07 Å². The van der Waals surface area contributed by atoms with Gasteiger partial charge in [0.15, 0.2) is 11.5 Å². The zero-order chi connectivity index (χ0) is 20.4. The van der Waals surface area contributed by atoms with Crippen molar-refractivity contribution >= 4 is 28.5 Å². The van der Waals surface area contributed by atoms with Gasteiger partial charge in [-0.1, -0.05) is 0 Å². The Bertz CT molecular complexity index is 1260. The van der Waals surface area contributed by atoms with E-state index in [2.05, 4.69) is 20.5 Å². The monoisotopic (exact) mass is 386 g/mol. The molecule has 0 bridgehead atoms. The molecule has 0 spiro atoms. The van der Waals surface area contributed by atoms with Crippen molar-refractivity contribution in [1.29, 1.82) is 5.26 Å². The molecule has 3 aromatic heterocycles. The van der Waals surface area contributed by atoms with E-state index in [9.17, 15) is 9.59 Å². The Morgan fingerprint density at radius 1 is 1.21 bits per heavy atom. The first-order valence-corrected chi connectivity index (χ1v) is 8.52. The van der Waals surface area contributed by atoms with Gasteiger partial charge < -0.3 is 19.6 Å². The van der Waals surface area contributed by atoms with Gasteiger partial charge in [0.05, 0.1) is 23.9 Å². The van der Waals surface area contributed by atoms with Crippen molar-refractivity contribution in [3.05, 3.63) is 71.8 Å². The fourth-order valence-corrected chi connectivity index (χ4v) is 2.86. The molecule has 0 fully saturated rings. The summed E-state index contributed by atoms with van der Waals surface area (Å²) in [5.74, 6) is -0.625. The summed E-state index contributed by atoms with van der Waals surface area (Å²) in [4.78, 5) is 27.7. The normalized spacial score (nSPS) is 10.5. The Hall–Kier alpha value is -4.45. The van der Waals surface area contributed by atoms with E-state index in [1.54, 1.807) is 47.4 Å². The molecule has 4 aromatic rings. The third kappa shape index (κ3) is 3.42. The second-order valence-electron chi connectivity index (χ2n) is 6.10. The number of hydrogen-bond acceptors (Lipinski definition) is 6. The lowest BCUT2D eigenvalue weighted by Crippen LogP contribution is -2.17. The lowest BCUT2D eigenvalue weighted by atomic mass is 10.1. The number of carbonyl (C=O) groups is 2. The average molecular weight is 386 g/mol. The Morgan fingerprint density at radius 3 is 2.76 bits per heavy atom. The minimum Gasteiger partial charge on any atom is -0.465 e. The van der Waals surface area contributed by atoms with Gasteiger partial charge in [0.25, 0.3) is 5.91 Å². The minimum absolute atomic E-state index is 0.0754. The molecule has 1 aromatic carbocycles. The van der Waals surface area contributed by atoms with Gasteiger partial charge in [-0.3, -0.25) is 4.79 Å². The van der Waals surface area contributed by atoms with E-state index in [1.165, 1.54) is 13.2 Å². The maximum Gasteiger partial charge on any atom is 0.340 e. The number of methoxy groups -OCH3 is 1. The quantitative estimate of drug-likeness (QED) is 0.519. The van der Waals surface area contributed by atoms with E-state index in [-0.39, 0.29) is 11.3 Å². The number of esters is 1. The molecular formula is C20H14N6O3. The molecule has 0 aliphatic heterocycles. The molecule has 0 aliphatic rings. The Balaban J connectivity index is 1.60. The molecule has 29 heavy (non-hydrogen) atoms. The van der Waals surface area contributed by atoms with Crippen molar-refractivity contribution < 1.29 is 14.3 Å². The summed E-state index contributed by atoms with van der Waals surface area (Å²) in [6.07, 6.45) is 5.02. The van der Waals surface area contributed by atoms with Gasteiger partial charge >= 0.3 is 5.97 Å². The highest BCUT2D eigenvalue weighted by Crippen LogP contribution is 2.24. The van der Waals surface area contributed by atoms with E-state index in [1.807, 2.05) is 12.1 Å². The van der Waals surface area contributed by atoms with Crippen molar-refractivity contribution in [3.8, 4) is 11.9 Å². The number of nitriles is 1. The van der Waals surface area contributed by atoms with Crippen LogP contribution in [0.15, 0.2) is 55.0 Å². The van der Waals surface area contributed by atoms with E-state index in [4.69, 9.17) is 10.00 Å². The van der Waals surface area contributed by atoms with Crippen LogP contribution < -0.4 is 5.32 Å². The Morgan fingerprint density at radius 2 is 2.07 bits per heavy atom. The summed E-state index contributed by atoms with van der Waals surface area (Å²) in [7, 11) is 1.27. The van der Waals surface area contributed by atoms with Crippen LogP contribution in [0.3, 0.4) is 0 Å². The SMILES string of the molecule is COC(=O)c1cc2[nH]ccc2cc1NC(=O)c1ccc(-n2ccc(C#N)c2)nn1. The van der Waals surface area contributed by atoms with Crippen LogP contribution in [0, 0.1) is 11.3 Å². The zero-order valence-electron chi connectivity index (χ0n) is 15.2. The van der Waals surface area contributed by atoms with Crippen LogP contribution in [0.4, 0.5) is 5.69 Å². The molecule has 2 N–H and O–H groups in total. The average Bonchev–Trinajstić information content (AvgIpc) is 3.41. The van der Waals surface area contributed by atoms with Gasteiger partial charge in [0, 0.05) is 29.5 Å². The summed E-state index contributed by atoms with van der Waals surface area (Å²) < 4.78 is 6.44. The summed E-state index contributed by atoms with van der Waals surface area (Å²) in [6.45, 7) is 0. The number of hydrogen-bond donors (Lipinski definition) is 2. The van der Waals surface area contributed by atoms with Gasteiger partial charge in [-0.15, -0.1) is 10.2 Å². The van der Waals surface area contributed by atoms with Gasteiger partial charge in [-0.25, -0.2) is 4.79 Å². The van der Waals surface area contributed by atoms with Crippen LogP contribution >= 0.6 is 0 Å². The fraction of sp³-hybridized carbons (Fsp3) is 0.0500. The first-order valence-electron chi connectivity index (χ1n) is 8.52. The molecule has 0 saturated carbocycles. The predicted molar refractivity (Wildman–Crippen MR) is 104 cm³/mol. The second-order valence-corrected chi connectivity index (χ2v) is 6.10. The molecule has 0 unspecified atom stereocenters. The maximum atomic E-state index is 12.6. The zero-order valence-corrected chi connectivity index (χ0v) is 15.2. The number of amides is 1. The molecule has 0 radical (unpaired) electrons. The molecule has 0 atom stereocenters. The smallest absolute Gasteiger partial charge is 0.340 e. The number of carbonyl (C=O) groups excluding carboxylic acids is 2. The lowest BCUT2D eigenvalue weighted by molar-refractivity contribution is 0.0602. The van der Waals surface area contributed by atoms with E-state index in [0.717, 1.165) is 10.9 Å². The number of aromatic nitrogens is 4. The second kappa shape index (κ2) is 7.28. The number of fused-ring (bicyclic) bond motifs is 1. The first kappa shape index (κ1) is 17.9. The largest absolute Gasteiger partial charge is 0.465 e. The summed E-state index contributed by atoms with van der Waals surface area (Å²) in [5, 5.41) is 20.4. The highest BCUT2D eigenvalue weighted by Gasteiger charge is 2.17. The Labute approximate surface area is 164 Å². The van der Waals surface area contributed by atoms with Crippen LogP contribution in [-0.2, 0) is 4.74 Å². The van der Waals surface area contributed by atoms with E-state index >= 15 is 0 Å². The number of H-pyrrole nitrogens is 1. The summed E-state index contributed by atoms with van der Waals surface area (Å²) in [6, 6.07) is 11.9. The van der Waals surface area contributed by atoms with Crippen LogP contribution in [0.25, 0.3) is 16.7 Å². The van der Waals surface area contributed by atoms with Gasteiger partial charge in [-0.05, 0) is 36.4 Å². The number of aromatic amines is 1. The van der Waals surface area contributed by atoms with Gasteiger partial charge in [0.2, 0.25) is 0 Å². The molecule has 4 rings (SSSR count). The summed E-state index contributed by atoms with van der Waals surface area (Å²) in [5.41, 5.74) is 1.84. The number of nitrogens with zero attached hydrogens (tertiary/aromatic N) is 4. The predicted octanol–water partition coefficient (Wildman–Crippen LogP) is 2.66. The van der Waals surface area contributed by atoms with Crippen molar-refractivity contribution in [1.82, 2.24) is 19.7 Å². The lowest BCUT2D eigenvalue weighted by Gasteiger charge is -2.10. The maximum absolute atomic E-state index is 12.6. The van der Waals surface area contributed by atoms with E-state index in [0.29, 0.717) is 17.1 Å². The minimum atomic E-state index is -0.570. The third-order valence-electron chi connectivity index (χ3n) is 4.31. The number of rotatable bonds is 4. The number of benzene rings is 1. The summed E-state index contributed by atoms with van der Waals surface area (Å²) >= 11 is 0. The standard InChI is InChI=1S/C20H14N6O3/c1-29-20(28)14-9-16-13(4-6-22-16)8-17(14)23-19(27)15-2-3-18(25-24-15)26-7-5-12(10-21)11-26/h2-9,11,22H,1H3,(H,23,27). The molecule has 0 saturated heterocycles. The van der Waals surface area contributed by atoms with Crippen LogP contribution in [0.5, 0.6) is 0 Å². The van der Waals surface area contributed by atoms with E-state index < -0.39 is 11.9 Å². The highest BCUT2D eigenvalue weighted by atomic mass is 16.5. The van der Waals surface area contributed by atoms with Crippen molar-refractivity contribution in [2.24, 2.45) is 0 Å². The number of ether oxygens (including phenoxy) is 1. The molecule has 0 aliphatic carbocycles. The molecule has 9 heteroatoms. The first-order chi connectivity index (χ1) is 14.1.